The molecule has 1 aromatic heterocycles. The molecule has 8 heteroatoms. The van der Waals surface area contributed by atoms with Crippen molar-refractivity contribution in [3.63, 3.8) is 0 Å². The summed E-state index contributed by atoms with van der Waals surface area (Å²) in [5, 5.41) is 8.02. The van der Waals surface area contributed by atoms with Crippen molar-refractivity contribution in [1.29, 1.82) is 0 Å². The smallest absolute Gasteiger partial charge is 0.416 e. The van der Waals surface area contributed by atoms with Crippen molar-refractivity contribution in [1.82, 2.24) is 9.78 Å². The summed E-state index contributed by atoms with van der Waals surface area (Å²) < 4.78 is 46.4. The Labute approximate surface area is 164 Å². The standard InChI is InChI=1S/C20H17ClF3N3O/c1-28-18-5-3-2-4-12(18)10-16-14-8-9-25-19(14)27(26-16)17-11-13(20(22,23)24)6-7-15(17)21/h2-7,11,25H,8-10H2,1H3. The van der Waals surface area contributed by atoms with Crippen molar-refractivity contribution in [3.8, 4) is 11.4 Å². The number of halogens is 4. The van der Waals surface area contributed by atoms with Gasteiger partial charge in [0.15, 0.2) is 0 Å². The Kier molecular flexibility index (Phi) is 4.71. The number of fused-ring (bicyclic) bond motifs is 1. The van der Waals surface area contributed by atoms with Crippen LogP contribution in [0.15, 0.2) is 42.5 Å². The first-order valence-corrected chi connectivity index (χ1v) is 9.10. The van der Waals surface area contributed by atoms with Crippen molar-refractivity contribution >= 4 is 17.4 Å². The molecule has 0 saturated carbocycles. The second-order valence-corrected chi connectivity index (χ2v) is 6.92. The number of anilines is 1. The van der Waals surface area contributed by atoms with Gasteiger partial charge in [0.25, 0.3) is 0 Å². The molecular formula is C20H17ClF3N3O. The van der Waals surface area contributed by atoms with E-state index >= 15 is 0 Å². The second kappa shape index (κ2) is 7.05. The fraction of sp³-hybridized carbons (Fsp3) is 0.250. The highest BCUT2D eigenvalue weighted by Crippen LogP contribution is 2.37. The van der Waals surface area contributed by atoms with Crippen LogP contribution >= 0.6 is 11.6 Å². The molecule has 4 nitrogen and oxygen atoms in total. The number of nitrogens with one attached hydrogen (secondary N) is 1. The number of para-hydroxylation sites is 1. The summed E-state index contributed by atoms with van der Waals surface area (Å²) in [6, 6.07) is 10.9. The van der Waals surface area contributed by atoms with Gasteiger partial charge in [-0.15, -0.1) is 0 Å². The number of ether oxygens (including phenoxy) is 1. The first-order chi connectivity index (χ1) is 13.4. The van der Waals surface area contributed by atoms with Crippen molar-refractivity contribution in [2.45, 2.75) is 19.0 Å². The molecule has 146 valence electrons. The lowest BCUT2D eigenvalue weighted by Crippen LogP contribution is -2.09. The number of nitrogens with zero attached hydrogens (tertiary/aromatic N) is 2. The highest BCUT2D eigenvalue weighted by Gasteiger charge is 2.32. The van der Waals surface area contributed by atoms with Gasteiger partial charge in [-0.05, 0) is 30.7 Å². The van der Waals surface area contributed by atoms with E-state index in [1.54, 1.807) is 7.11 Å². The van der Waals surface area contributed by atoms with Crippen LogP contribution in [0, 0.1) is 0 Å². The molecule has 4 rings (SSSR count). The molecular weight excluding hydrogens is 391 g/mol. The average Bonchev–Trinajstić information content (AvgIpc) is 3.26. The molecule has 2 heterocycles. The number of benzene rings is 2. The zero-order chi connectivity index (χ0) is 19.9. The van der Waals surface area contributed by atoms with Crippen molar-refractivity contribution in [3.05, 3.63) is 69.9 Å². The van der Waals surface area contributed by atoms with E-state index in [1.165, 1.54) is 10.7 Å². The molecule has 0 spiro atoms. The Morgan fingerprint density at radius 3 is 2.75 bits per heavy atom. The third kappa shape index (κ3) is 3.30. The summed E-state index contributed by atoms with van der Waals surface area (Å²) in [4.78, 5) is 0. The molecule has 2 aromatic carbocycles. The molecule has 1 N–H and O–H groups in total. The first kappa shape index (κ1) is 18.7. The minimum absolute atomic E-state index is 0.202. The minimum Gasteiger partial charge on any atom is -0.496 e. The van der Waals surface area contributed by atoms with Gasteiger partial charge in [-0.25, -0.2) is 4.68 Å². The van der Waals surface area contributed by atoms with Crippen LogP contribution in [0.5, 0.6) is 5.75 Å². The van der Waals surface area contributed by atoms with Gasteiger partial charge in [0.05, 0.1) is 29.1 Å². The van der Waals surface area contributed by atoms with Gasteiger partial charge >= 0.3 is 6.18 Å². The molecule has 0 saturated heterocycles. The molecule has 0 atom stereocenters. The van der Waals surface area contributed by atoms with Crippen LogP contribution in [0.4, 0.5) is 19.0 Å². The number of aromatic nitrogens is 2. The molecule has 1 aliphatic heterocycles. The van der Waals surface area contributed by atoms with E-state index in [-0.39, 0.29) is 10.7 Å². The van der Waals surface area contributed by atoms with Crippen LogP contribution in [0.1, 0.15) is 22.4 Å². The lowest BCUT2D eigenvalue weighted by Gasteiger charge is -2.12. The van der Waals surface area contributed by atoms with Gasteiger partial charge in [0, 0.05) is 24.1 Å². The highest BCUT2D eigenvalue weighted by molar-refractivity contribution is 6.32. The van der Waals surface area contributed by atoms with Crippen LogP contribution < -0.4 is 10.1 Å². The van der Waals surface area contributed by atoms with E-state index in [0.717, 1.165) is 41.1 Å². The monoisotopic (exact) mass is 407 g/mol. The minimum atomic E-state index is -4.46. The van der Waals surface area contributed by atoms with Crippen molar-refractivity contribution in [2.24, 2.45) is 0 Å². The zero-order valence-electron chi connectivity index (χ0n) is 15.0. The number of rotatable bonds is 4. The number of alkyl halides is 3. The third-order valence-corrected chi connectivity index (χ3v) is 5.11. The first-order valence-electron chi connectivity index (χ1n) is 8.72. The lowest BCUT2D eigenvalue weighted by molar-refractivity contribution is -0.137. The molecule has 28 heavy (non-hydrogen) atoms. The van der Waals surface area contributed by atoms with Gasteiger partial charge < -0.3 is 10.1 Å². The molecule has 0 unspecified atom stereocenters. The van der Waals surface area contributed by atoms with E-state index < -0.39 is 11.7 Å². The molecule has 3 aromatic rings. The zero-order valence-corrected chi connectivity index (χ0v) is 15.7. The number of methoxy groups -OCH3 is 1. The topological polar surface area (TPSA) is 39.1 Å². The van der Waals surface area contributed by atoms with E-state index in [0.29, 0.717) is 18.8 Å². The Hall–Kier alpha value is -2.67. The van der Waals surface area contributed by atoms with Crippen LogP contribution in [0.2, 0.25) is 5.02 Å². The Morgan fingerprint density at radius 2 is 2.00 bits per heavy atom. The molecule has 0 fully saturated rings. The molecule has 0 aliphatic carbocycles. The van der Waals surface area contributed by atoms with E-state index in [1.807, 2.05) is 24.3 Å². The van der Waals surface area contributed by atoms with Gasteiger partial charge in [-0.1, -0.05) is 29.8 Å². The van der Waals surface area contributed by atoms with E-state index in [4.69, 9.17) is 16.3 Å². The van der Waals surface area contributed by atoms with Crippen LogP contribution in [0.25, 0.3) is 5.69 Å². The van der Waals surface area contributed by atoms with Gasteiger partial charge in [-0.3, -0.25) is 0 Å². The molecule has 0 bridgehead atoms. The van der Waals surface area contributed by atoms with Crippen LogP contribution in [-0.2, 0) is 19.0 Å². The van der Waals surface area contributed by atoms with E-state index in [2.05, 4.69) is 10.4 Å². The predicted octanol–water partition coefficient (Wildman–Crippen LogP) is 5.11. The molecule has 0 radical (unpaired) electrons. The van der Waals surface area contributed by atoms with Gasteiger partial charge in [0.1, 0.15) is 11.6 Å². The summed E-state index contributed by atoms with van der Waals surface area (Å²) >= 11 is 6.22. The Morgan fingerprint density at radius 1 is 1.21 bits per heavy atom. The third-order valence-electron chi connectivity index (χ3n) is 4.79. The van der Waals surface area contributed by atoms with Crippen LogP contribution in [-0.4, -0.2) is 23.4 Å². The second-order valence-electron chi connectivity index (χ2n) is 6.52. The maximum absolute atomic E-state index is 13.2. The maximum atomic E-state index is 13.2. The van der Waals surface area contributed by atoms with Gasteiger partial charge in [-0.2, -0.15) is 18.3 Å². The fourth-order valence-corrected chi connectivity index (χ4v) is 3.64. The molecule has 0 amide bonds. The number of hydrogen-bond donors (Lipinski definition) is 1. The molecule has 1 aliphatic rings. The van der Waals surface area contributed by atoms with E-state index in [9.17, 15) is 13.2 Å². The maximum Gasteiger partial charge on any atom is 0.416 e. The quantitative estimate of drug-likeness (QED) is 0.653. The summed E-state index contributed by atoms with van der Waals surface area (Å²) in [6.45, 7) is 0.697. The van der Waals surface area contributed by atoms with Gasteiger partial charge in [0.2, 0.25) is 0 Å². The highest BCUT2D eigenvalue weighted by atomic mass is 35.5. The summed E-state index contributed by atoms with van der Waals surface area (Å²) in [5.74, 6) is 1.43. The normalized spacial score (nSPS) is 13.3. The Bertz CT molecular complexity index is 1030. The van der Waals surface area contributed by atoms with Crippen molar-refractivity contribution < 1.29 is 17.9 Å². The number of hydrogen-bond acceptors (Lipinski definition) is 3. The largest absolute Gasteiger partial charge is 0.496 e. The Balaban J connectivity index is 1.80. The summed E-state index contributed by atoms with van der Waals surface area (Å²) in [7, 11) is 1.60. The summed E-state index contributed by atoms with van der Waals surface area (Å²) in [6.07, 6.45) is -3.20. The van der Waals surface area contributed by atoms with Crippen molar-refractivity contribution in [2.75, 3.05) is 19.0 Å². The fourth-order valence-electron chi connectivity index (χ4n) is 3.44. The lowest BCUT2D eigenvalue weighted by atomic mass is 10.0. The SMILES string of the molecule is COc1ccccc1Cc1nn(-c2cc(C(F)(F)F)ccc2Cl)c2c1CCN2. The van der Waals surface area contributed by atoms with Crippen LogP contribution in [0.3, 0.4) is 0 Å². The predicted molar refractivity (Wildman–Crippen MR) is 102 cm³/mol. The summed E-state index contributed by atoms with van der Waals surface area (Å²) in [5.41, 5.74) is 2.17. The average molecular weight is 408 g/mol.